The van der Waals surface area contributed by atoms with E-state index >= 15 is 0 Å². The zero-order valence-corrected chi connectivity index (χ0v) is 19.9. The predicted molar refractivity (Wildman–Crippen MR) is 129 cm³/mol. The van der Waals surface area contributed by atoms with Gasteiger partial charge in [0.15, 0.2) is 0 Å². The number of ether oxygens (including phenoxy) is 1. The molecule has 1 amide bonds. The normalized spacial score (nSPS) is 14.2. The summed E-state index contributed by atoms with van der Waals surface area (Å²) in [7, 11) is -1.85. The molecule has 4 rings (SSSR count). The Morgan fingerprint density at radius 2 is 1.73 bits per heavy atom. The second-order valence-electron chi connectivity index (χ2n) is 7.61. The lowest BCUT2D eigenvalue weighted by molar-refractivity contribution is 0.102. The summed E-state index contributed by atoms with van der Waals surface area (Å²) in [4.78, 5) is 17.0. The van der Waals surface area contributed by atoms with Crippen molar-refractivity contribution in [2.45, 2.75) is 28.5 Å². The first-order chi connectivity index (χ1) is 16.0. The first kappa shape index (κ1) is 23.3. The summed E-state index contributed by atoms with van der Waals surface area (Å²) in [5.74, 6) is 1.20. The molecule has 1 aromatic heterocycles. The number of nitrogens with one attached hydrogen (secondary N) is 1. The number of anilines is 1. The number of amides is 1. The van der Waals surface area contributed by atoms with Gasteiger partial charge >= 0.3 is 0 Å². The molecular weight excluding hydrogens is 458 g/mol. The summed E-state index contributed by atoms with van der Waals surface area (Å²) in [6.45, 7) is 1.15. The van der Waals surface area contributed by atoms with Crippen molar-refractivity contribution in [2.75, 3.05) is 25.5 Å². The average Bonchev–Trinajstić information content (AvgIpc) is 3.40. The zero-order valence-electron chi connectivity index (χ0n) is 18.2. The lowest BCUT2D eigenvalue weighted by Crippen LogP contribution is -2.27. The highest BCUT2D eigenvalue weighted by Crippen LogP contribution is 2.25. The molecule has 1 N–H and O–H groups in total. The second kappa shape index (κ2) is 10.4. The van der Waals surface area contributed by atoms with Crippen molar-refractivity contribution in [2.24, 2.45) is 0 Å². The van der Waals surface area contributed by atoms with Gasteiger partial charge in [-0.05, 0) is 66.9 Å². The van der Waals surface area contributed by atoms with E-state index < -0.39 is 10.0 Å². The summed E-state index contributed by atoms with van der Waals surface area (Å²) in [5, 5.41) is 3.61. The van der Waals surface area contributed by atoms with Crippen LogP contribution in [0.1, 0.15) is 28.8 Å². The molecule has 9 heteroatoms. The van der Waals surface area contributed by atoms with E-state index in [-0.39, 0.29) is 10.8 Å². The summed E-state index contributed by atoms with van der Waals surface area (Å²) in [5.41, 5.74) is 2.30. The molecule has 1 aliphatic heterocycles. The second-order valence-corrected chi connectivity index (χ2v) is 10.5. The highest BCUT2D eigenvalue weighted by Gasteiger charge is 2.27. The van der Waals surface area contributed by atoms with Crippen LogP contribution in [0, 0.1) is 0 Å². The van der Waals surface area contributed by atoms with Crippen molar-refractivity contribution >= 4 is 33.4 Å². The Balaban J connectivity index is 1.32. The lowest BCUT2D eigenvalue weighted by atomic mass is 10.1. The minimum absolute atomic E-state index is 0.184. The molecule has 0 spiro atoms. The number of pyridine rings is 1. The Hall–Kier alpha value is -2.88. The number of carbonyl (C=O) groups is 1. The summed E-state index contributed by atoms with van der Waals surface area (Å²) in [6.07, 6.45) is 3.24. The first-order valence-electron chi connectivity index (χ1n) is 10.6. The third kappa shape index (κ3) is 5.73. The molecular formula is C24H25N3O4S2. The van der Waals surface area contributed by atoms with Crippen LogP contribution in [-0.2, 0) is 15.8 Å². The molecule has 0 aliphatic carbocycles. The van der Waals surface area contributed by atoms with Crippen LogP contribution < -0.4 is 10.1 Å². The molecule has 1 saturated heterocycles. The standard InChI is InChI=1S/C24H25N3O4S2/c1-31-21-10-8-20(9-11-21)26-24(28)19-6-4-18(5-7-19)17-32-23-13-12-22(16-25-23)33(29,30)27-14-2-3-15-27/h4-13,16H,2-3,14-15,17H2,1H3,(H,26,28). The van der Waals surface area contributed by atoms with E-state index in [1.807, 2.05) is 12.1 Å². The van der Waals surface area contributed by atoms with Crippen LogP contribution in [-0.4, -0.2) is 43.8 Å². The molecule has 2 heterocycles. The number of thioether (sulfide) groups is 1. The number of aromatic nitrogens is 1. The van der Waals surface area contributed by atoms with Gasteiger partial charge in [-0.3, -0.25) is 4.79 Å². The predicted octanol–water partition coefficient (Wildman–Crippen LogP) is 4.42. The van der Waals surface area contributed by atoms with Crippen LogP contribution in [0.4, 0.5) is 5.69 Å². The topological polar surface area (TPSA) is 88.6 Å². The minimum atomic E-state index is -3.44. The van der Waals surface area contributed by atoms with E-state index in [2.05, 4.69) is 10.3 Å². The fraction of sp³-hybridized carbons (Fsp3) is 0.250. The molecule has 172 valence electrons. The van der Waals surface area contributed by atoms with Gasteiger partial charge < -0.3 is 10.1 Å². The molecule has 1 aliphatic rings. The minimum Gasteiger partial charge on any atom is -0.497 e. The van der Waals surface area contributed by atoms with Gasteiger partial charge in [-0.15, -0.1) is 11.8 Å². The number of sulfonamides is 1. The molecule has 0 saturated carbocycles. The van der Waals surface area contributed by atoms with Gasteiger partial charge in [0, 0.05) is 36.3 Å². The number of hydrogen-bond acceptors (Lipinski definition) is 6. The molecule has 0 atom stereocenters. The number of methoxy groups -OCH3 is 1. The van der Waals surface area contributed by atoms with Crippen LogP contribution >= 0.6 is 11.8 Å². The van der Waals surface area contributed by atoms with Crippen LogP contribution in [0.3, 0.4) is 0 Å². The van der Waals surface area contributed by atoms with E-state index in [9.17, 15) is 13.2 Å². The van der Waals surface area contributed by atoms with E-state index in [0.717, 1.165) is 29.2 Å². The Kier molecular flexibility index (Phi) is 7.32. The average molecular weight is 484 g/mol. The Labute approximate surface area is 198 Å². The molecule has 0 bridgehead atoms. The Morgan fingerprint density at radius 3 is 2.33 bits per heavy atom. The van der Waals surface area contributed by atoms with Crippen molar-refractivity contribution in [3.8, 4) is 5.75 Å². The van der Waals surface area contributed by atoms with Crippen molar-refractivity contribution in [1.82, 2.24) is 9.29 Å². The molecule has 0 unspecified atom stereocenters. The van der Waals surface area contributed by atoms with E-state index in [0.29, 0.717) is 30.1 Å². The van der Waals surface area contributed by atoms with Crippen molar-refractivity contribution in [3.05, 3.63) is 78.0 Å². The van der Waals surface area contributed by atoms with E-state index in [4.69, 9.17) is 4.74 Å². The maximum atomic E-state index is 12.6. The summed E-state index contributed by atoms with van der Waals surface area (Å²) in [6, 6.07) is 17.9. The van der Waals surface area contributed by atoms with Crippen LogP contribution in [0.15, 0.2) is 76.8 Å². The van der Waals surface area contributed by atoms with Crippen LogP contribution in [0.5, 0.6) is 5.75 Å². The molecule has 33 heavy (non-hydrogen) atoms. The fourth-order valence-electron chi connectivity index (χ4n) is 3.47. The SMILES string of the molecule is COc1ccc(NC(=O)c2ccc(CSc3ccc(S(=O)(=O)N4CCCC4)cn3)cc2)cc1. The van der Waals surface area contributed by atoms with Crippen LogP contribution in [0.2, 0.25) is 0 Å². The number of rotatable bonds is 8. The number of benzene rings is 2. The molecule has 1 fully saturated rings. The number of carbonyl (C=O) groups excluding carboxylic acids is 1. The first-order valence-corrected chi connectivity index (χ1v) is 13.0. The highest BCUT2D eigenvalue weighted by molar-refractivity contribution is 7.98. The van der Waals surface area contributed by atoms with Gasteiger partial charge in [0.05, 0.1) is 12.1 Å². The van der Waals surface area contributed by atoms with Crippen molar-refractivity contribution < 1.29 is 17.9 Å². The number of hydrogen-bond donors (Lipinski definition) is 1. The maximum absolute atomic E-state index is 12.6. The van der Waals surface area contributed by atoms with Gasteiger partial charge in [-0.1, -0.05) is 12.1 Å². The van der Waals surface area contributed by atoms with Gasteiger partial charge in [-0.2, -0.15) is 4.31 Å². The smallest absolute Gasteiger partial charge is 0.255 e. The van der Waals surface area contributed by atoms with Gasteiger partial charge in [-0.25, -0.2) is 13.4 Å². The monoisotopic (exact) mass is 483 g/mol. The van der Waals surface area contributed by atoms with Gasteiger partial charge in [0.2, 0.25) is 10.0 Å². The van der Waals surface area contributed by atoms with Crippen molar-refractivity contribution in [3.63, 3.8) is 0 Å². The maximum Gasteiger partial charge on any atom is 0.255 e. The molecule has 0 radical (unpaired) electrons. The largest absolute Gasteiger partial charge is 0.497 e. The van der Waals surface area contributed by atoms with Crippen molar-refractivity contribution in [1.29, 1.82) is 0 Å². The fourth-order valence-corrected chi connectivity index (χ4v) is 5.73. The quantitative estimate of drug-likeness (QED) is 0.477. The van der Waals surface area contributed by atoms with E-state index in [1.165, 1.54) is 22.3 Å². The zero-order chi connectivity index (χ0) is 23.3. The Morgan fingerprint density at radius 1 is 1.03 bits per heavy atom. The number of nitrogens with zero attached hydrogens (tertiary/aromatic N) is 2. The molecule has 2 aromatic carbocycles. The third-order valence-electron chi connectivity index (χ3n) is 5.36. The van der Waals surface area contributed by atoms with Crippen LogP contribution in [0.25, 0.3) is 0 Å². The molecule has 3 aromatic rings. The van der Waals surface area contributed by atoms with Gasteiger partial charge in [0.1, 0.15) is 10.6 Å². The lowest BCUT2D eigenvalue weighted by Gasteiger charge is -2.15. The highest BCUT2D eigenvalue weighted by atomic mass is 32.2. The Bertz CT molecular complexity index is 1190. The third-order valence-corrected chi connectivity index (χ3v) is 8.26. The molecule has 7 nitrogen and oxygen atoms in total. The summed E-state index contributed by atoms with van der Waals surface area (Å²) >= 11 is 1.51. The van der Waals surface area contributed by atoms with E-state index in [1.54, 1.807) is 55.6 Å². The van der Waals surface area contributed by atoms with Gasteiger partial charge in [0.25, 0.3) is 5.91 Å². The summed E-state index contributed by atoms with van der Waals surface area (Å²) < 4.78 is 31.8.